The van der Waals surface area contributed by atoms with Crippen molar-refractivity contribution in [2.45, 2.75) is 45.6 Å². The van der Waals surface area contributed by atoms with Gasteiger partial charge in [0, 0.05) is 13.0 Å². The molecule has 0 bridgehead atoms. The lowest BCUT2D eigenvalue weighted by atomic mass is 10.2. The highest BCUT2D eigenvalue weighted by Gasteiger charge is 2.03. The third-order valence-electron chi connectivity index (χ3n) is 2.44. The second-order valence-electron chi connectivity index (χ2n) is 3.93. The molecular weight excluding hydrogens is 222 g/mol. The van der Waals surface area contributed by atoms with Gasteiger partial charge in [-0.15, -0.1) is 5.10 Å². The normalized spacial score (nSPS) is 10.6. The van der Waals surface area contributed by atoms with Gasteiger partial charge in [0.15, 0.2) is 0 Å². The maximum atomic E-state index is 10.8. The van der Waals surface area contributed by atoms with Gasteiger partial charge >= 0.3 is 0 Å². The van der Waals surface area contributed by atoms with Crippen LogP contribution < -0.4 is 0 Å². The van der Waals surface area contributed by atoms with Crippen LogP contribution in [0.25, 0.3) is 0 Å². The lowest BCUT2D eigenvalue weighted by molar-refractivity contribution is -0.117. The number of thiol groups is 1. The van der Waals surface area contributed by atoms with Gasteiger partial charge in [0.25, 0.3) is 0 Å². The quantitative estimate of drug-likeness (QED) is 0.558. The molecule has 0 radical (unpaired) electrons. The summed E-state index contributed by atoms with van der Waals surface area (Å²) in [6.45, 7) is 2.41. The third-order valence-corrected chi connectivity index (χ3v) is 2.75. The molecule has 0 aliphatic carbocycles. The first-order chi connectivity index (χ1) is 7.74. The van der Waals surface area contributed by atoms with Crippen molar-refractivity contribution in [3.05, 3.63) is 11.9 Å². The zero-order valence-corrected chi connectivity index (χ0v) is 10.6. The number of rotatable bonds is 8. The Kier molecular flexibility index (Phi) is 6.15. The van der Waals surface area contributed by atoms with Gasteiger partial charge in [0.05, 0.1) is 11.9 Å². The first-order valence-electron chi connectivity index (χ1n) is 5.71. The van der Waals surface area contributed by atoms with E-state index in [4.69, 9.17) is 0 Å². The molecule has 0 unspecified atom stereocenters. The fourth-order valence-electron chi connectivity index (χ4n) is 1.56. The molecule has 0 aliphatic heterocycles. The van der Waals surface area contributed by atoms with Gasteiger partial charge in [0.1, 0.15) is 5.78 Å². The van der Waals surface area contributed by atoms with Crippen LogP contribution in [0.15, 0.2) is 6.20 Å². The number of unbranched alkanes of at least 4 members (excludes halogenated alkanes) is 1. The first kappa shape index (κ1) is 13.2. The van der Waals surface area contributed by atoms with E-state index >= 15 is 0 Å². The van der Waals surface area contributed by atoms with Gasteiger partial charge in [-0.3, -0.25) is 0 Å². The van der Waals surface area contributed by atoms with Crippen molar-refractivity contribution in [1.29, 1.82) is 0 Å². The summed E-state index contributed by atoms with van der Waals surface area (Å²) in [6, 6.07) is 0. The summed E-state index contributed by atoms with van der Waals surface area (Å²) in [7, 11) is 0. The molecule has 0 fully saturated rings. The molecular formula is C11H19N3OS. The number of ketones is 1. The molecule has 0 N–H and O–H groups in total. The summed E-state index contributed by atoms with van der Waals surface area (Å²) in [5.41, 5.74) is 1.16. The maximum absolute atomic E-state index is 10.8. The molecule has 0 aliphatic rings. The molecule has 4 nitrogen and oxygen atoms in total. The summed E-state index contributed by atoms with van der Waals surface area (Å²) < 4.78 is 1.90. The molecule has 0 saturated carbocycles. The van der Waals surface area contributed by atoms with Crippen LogP contribution in [0, 0.1) is 0 Å². The second-order valence-corrected chi connectivity index (χ2v) is 4.38. The molecule has 0 aromatic carbocycles. The van der Waals surface area contributed by atoms with E-state index in [1.165, 1.54) is 0 Å². The highest BCUT2D eigenvalue weighted by Crippen LogP contribution is 2.05. The van der Waals surface area contributed by atoms with Crippen molar-refractivity contribution in [3.63, 3.8) is 0 Å². The number of carbonyl (C=O) groups excluding carboxylic acids is 1. The molecule has 1 aromatic heterocycles. The largest absolute Gasteiger partial charge is 0.300 e. The molecule has 0 spiro atoms. The van der Waals surface area contributed by atoms with Crippen LogP contribution >= 0.6 is 12.6 Å². The van der Waals surface area contributed by atoms with E-state index in [2.05, 4.69) is 22.9 Å². The zero-order chi connectivity index (χ0) is 11.8. The Morgan fingerprint density at radius 3 is 2.94 bits per heavy atom. The Labute approximate surface area is 102 Å². The molecule has 1 aromatic rings. The lowest BCUT2D eigenvalue weighted by Gasteiger charge is -2.04. The molecule has 5 heteroatoms. The average Bonchev–Trinajstić information content (AvgIpc) is 2.66. The van der Waals surface area contributed by atoms with Crippen LogP contribution in [0.4, 0.5) is 0 Å². The summed E-state index contributed by atoms with van der Waals surface area (Å²) in [6.07, 6.45) is 6.50. The van der Waals surface area contributed by atoms with E-state index in [-0.39, 0.29) is 5.78 Å². The minimum Gasteiger partial charge on any atom is -0.300 e. The number of hydrogen-bond donors (Lipinski definition) is 1. The summed E-state index contributed by atoms with van der Waals surface area (Å²) >= 11 is 4.18. The van der Waals surface area contributed by atoms with Crippen molar-refractivity contribution in [2.24, 2.45) is 0 Å². The predicted octanol–water partition coefficient (Wildman–Crippen LogP) is 1.90. The van der Waals surface area contributed by atoms with Gasteiger partial charge < -0.3 is 4.79 Å². The molecule has 0 atom stereocenters. The van der Waals surface area contributed by atoms with Crippen molar-refractivity contribution in [2.75, 3.05) is 5.75 Å². The van der Waals surface area contributed by atoms with Crippen LogP contribution in [-0.4, -0.2) is 26.5 Å². The zero-order valence-electron chi connectivity index (χ0n) is 9.72. The fourth-order valence-corrected chi connectivity index (χ4v) is 1.78. The fraction of sp³-hybridized carbons (Fsp3) is 0.727. The van der Waals surface area contributed by atoms with Gasteiger partial charge in [-0.05, 0) is 38.4 Å². The molecule has 90 valence electrons. The monoisotopic (exact) mass is 241 g/mol. The highest BCUT2D eigenvalue weighted by atomic mass is 32.1. The topological polar surface area (TPSA) is 47.8 Å². The summed E-state index contributed by atoms with van der Waals surface area (Å²) in [5, 5.41) is 7.94. The van der Waals surface area contributed by atoms with Crippen molar-refractivity contribution in [3.8, 4) is 0 Å². The van der Waals surface area contributed by atoms with E-state index in [0.29, 0.717) is 6.42 Å². The van der Waals surface area contributed by atoms with E-state index in [1.54, 1.807) is 6.92 Å². The van der Waals surface area contributed by atoms with Crippen molar-refractivity contribution in [1.82, 2.24) is 15.0 Å². The van der Waals surface area contributed by atoms with E-state index in [0.717, 1.165) is 43.7 Å². The number of hydrogen-bond acceptors (Lipinski definition) is 4. The standard InChI is InChI=1S/C11H19N3OS/c1-10(15)5-4-7-14-11(9-12-13-14)6-2-3-8-16/h9,16H,2-8H2,1H3. The minimum absolute atomic E-state index is 0.233. The Morgan fingerprint density at radius 1 is 1.44 bits per heavy atom. The predicted molar refractivity (Wildman–Crippen MR) is 66.7 cm³/mol. The minimum atomic E-state index is 0.233. The Bertz CT molecular complexity index is 325. The van der Waals surface area contributed by atoms with E-state index in [1.807, 2.05) is 10.9 Å². The van der Waals surface area contributed by atoms with Crippen LogP contribution in [0.2, 0.25) is 0 Å². The Balaban J connectivity index is 2.34. The van der Waals surface area contributed by atoms with Crippen LogP contribution in [0.3, 0.4) is 0 Å². The third kappa shape index (κ3) is 4.79. The summed E-state index contributed by atoms with van der Waals surface area (Å²) in [5.74, 6) is 1.16. The van der Waals surface area contributed by atoms with Crippen molar-refractivity contribution >= 4 is 18.4 Å². The molecule has 1 heterocycles. The Hall–Kier alpha value is -0.840. The molecule has 1 rings (SSSR count). The molecule has 0 amide bonds. The van der Waals surface area contributed by atoms with Crippen LogP contribution in [0.5, 0.6) is 0 Å². The second kappa shape index (κ2) is 7.44. The maximum Gasteiger partial charge on any atom is 0.129 e. The van der Waals surface area contributed by atoms with E-state index in [9.17, 15) is 4.79 Å². The van der Waals surface area contributed by atoms with Gasteiger partial charge in [-0.25, -0.2) is 4.68 Å². The van der Waals surface area contributed by atoms with E-state index < -0.39 is 0 Å². The van der Waals surface area contributed by atoms with Crippen LogP contribution in [-0.2, 0) is 17.8 Å². The summed E-state index contributed by atoms with van der Waals surface area (Å²) in [4.78, 5) is 10.8. The SMILES string of the molecule is CC(=O)CCCn1nncc1CCCCS. The Morgan fingerprint density at radius 2 is 2.25 bits per heavy atom. The first-order valence-corrected chi connectivity index (χ1v) is 6.35. The highest BCUT2D eigenvalue weighted by molar-refractivity contribution is 7.80. The number of carbonyl (C=O) groups is 1. The molecule has 0 saturated heterocycles. The van der Waals surface area contributed by atoms with Gasteiger partial charge in [0.2, 0.25) is 0 Å². The lowest BCUT2D eigenvalue weighted by Crippen LogP contribution is -2.06. The number of nitrogens with zero attached hydrogens (tertiary/aromatic N) is 3. The smallest absolute Gasteiger partial charge is 0.129 e. The van der Waals surface area contributed by atoms with Crippen molar-refractivity contribution < 1.29 is 4.79 Å². The van der Waals surface area contributed by atoms with Crippen LogP contribution in [0.1, 0.15) is 38.3 Å². The average molecular weight is 241 g/mol. The molecule has 16 heavy (non-hydrogen) atoms. The number of aryl methyl sites for hydroxylation is 2. The van der Waals surface area contributed by atoms with Gasteiger partial charge in [-0.1, -0.05) is 5.21 Å². The van der Waals surface area contributed by atoms with Gasteiger partial charge in [-0.2, -0.15) is 12.6 Å². The number of Topliss-reactive ketones (excluding diaryl/α,β-unsaturated/α-hetero) is 1. The number of aromatic nitrogens is 3.